The average Bonchev–Trinajstić information content (AvgIpc) is 2.49. The zero-order chi connectivity index (χ0) is 11.4. The zero-order valence-electron chi connectivity index (χ0n) is 9.12. The first-order valence-electron chi connectivity index (χ1n) is 4.79. The maximum absolute atomic E-state index is 11.0. The maximum atomic E-state index is 11.0. The smallest absolute Gasteiger partial charge is 0.0931 e. The number of rotatable bonds is 5. The van der Waals surface area contributed by atoms with Crippen molar-refractivity contribution >= 4 is 33.7 Å². The van der Waals surface area contributed by atoms with Crippen LogP contribution < -0.4 is 5.32 Å². The highest BCUT2D eigenvalue weighted by molar-refractivity contribution is 7.84. The molecule has 0 aliphatic rings. The van der Waals surface area contributed by atoms with Crippen LogP contribution in [0.4, 0.5) is 0 Å². The van der Waals surface area contributed by atoms with Crippen molar-refractivity contribution in [3.63, 3.8) is 0 Å². The lowest BCUT2D eigenvalue weighted by Crippen LogP contribution is -2.32. The van der Waals surface area contributed by atoms with Crippen LogP contribution in [0, 0.1) is 0 Å². The second-order valence-electron chi connectivity index (χ2n) is 3.71. The zero-order valence-corrected chi connectivity index (χ0v) is 11.5. The SMILES string of the molecule is CC(CS(C)=O)NC(C)c1csc(Cl)c1. The Morgan fingerprint density at radius 3 is 2.73 bits per heavy atom. The minimum Gasteiger partial charge on any atom is -0.307 e. The predicted molar refractivity (Wildman–Crippen MR) is 69.3 cm³/mol. The Kier molecular flexibility index (Phi) is 5.26. The fourth-order valence-electron chi connectivity index (χ4n) is 1.47. The van der Waals surface area contributed by atoms with Crippen LogP contribution in [0.3, 0.4) is 0 Å². The topological polar surface area (TPSA) is 29.1 Å². The van der Waals surface area contributed by atoms with E-state index in [-0.39, 0.29) is 12.1 Å². The van der Waals surface area contributed by atoms with E-state index < -0.39 is 10.8 Å². The molecule has 0 fully saturated rings. The number of hydrogen-bond donors (Lipinski definition) is 1. The quantitative estimate of drug-likeness (QED) is 0.887. The molecule has 0 aliphatic heterocycles. The predicted octanol–water partition coefficient (Wildman–Crippen LogP) is 2.82. The molecule has 1 aromatic heterocycles. The summed E-state index contributed by atoms with van der Waals surface area (Å²) in [6.45, 7) is 4.14. The molecule has 0 radical (unpaired) electrons. The van der Waals surface area contributed by atoms with Crippen LogP contribution in [0.25, 0.3) is 0 Å². The van der Waals surface area contributed by atoms with Crippen molar-refractivity contribution in [1.82, 2.24) is 5.32 Å². The molecule has 3 atom stereocenters. The first-order chi connectivity index (χ1) is 6.99. The molecule has 1 N–H and O–H groups in total. The van der Waals surface area contributed by atoms with Crippen LogP contribution in [-0.4, -0.2) is 22.3 Å². The van der Waals surface area contributed by atoms with E-state index in [0.717, 1.165) is 4.34 Å². The third-order valence-electron chi connectivity index (χ3n) is 2.11. The summed E-state index contributed by atoms with van der Waals surface area (Å²) in [6, 6.07) is 2.48. The van der Waals surface area contributed by atoms with Gasteiger partial charge in [-0.1, -0.05) is 11.6 Å². The fourth-order valence-corrected chi connectivity index (χ4v) is 3.26. The van der Waals surface area contributed by atoms with Crippen molar-refractivity contribution in [3.05, 3.63) is 21.3 Å². The summed E-state index contributed by atoms with van der Waals surface area (Å²) in [5.41, 5.74) is 1.19. The molecule has 0 bridgehead atoms. The van der Waals surface area contributed by atoms with Gasteiger partial charge in [-0.05, 0) is 30.9 Å². The molecular formula is C10H16ClNOS2. The second-order valence-corrected chi connectivity index (χ2v) is 6.74. The molecule has 86 valence electrons. The fraction of sp³-hybridized carbons (Fsp3) is 0.600. The van der Waals surface area contributed by atoms with Gasteiger partial charge in [0.05, 0.1) is 4.34 Å². The van der Waals surface area contributed by atoms with E-state index >= 15 is 0 Å². The molecule has 5 heteroatoms. The van der Waals surface area contributed by atoms with Crippen LogP contribution >= 0.6 is 22.9 Å². The van der Waals surface area contributed by atoms with Gasteiger partial charge < -0.3 is 5.32 Å². The van der Waals surface area contributed by atoms with E-state index in [4.69, 9.17) is 11.6 Å². The Morgan fingerprint density at radius 2 is 2.27 bits per heavy atom. The van der Waals surface area contributed by atoms with Crippen molar-refractivity contribution in [2.24, 2.45) is 0 Å². The second kappa shape index (κ2) is 5.99. The Labute approximate surface area is 102 Å². The minimum absolute atomic E-state index is 0.254. The average molecular weight is 266 g/mol. The lowest BCUT2D eigenvalue weighted by Gasteiger charge is -2.18. The van der Waals surface area contributed by atoms with Gasteiger partial charge in [-0.15, -0.1) is 11.3 Å². The molecule has 3 unspecified atom stereocenters. The molecule has 1 aromatic rings. The largest absolute Gasteiger partial charge is 0.307 e. The third-order valence-corrected chi connectivity index (χ3v) is 4.19. The molecule has 0 aliphatic carbocycles. The van der Waals surface area contributed by atoms with Gasteiger partial charge in [0.15, 0.2) is 0 Å². The number of halogens is 1. The Balaban J connectivity index is 2.48. The molecular weight excluding hydrogens is 250 g/mol. The Morgan fingerprint density at radius 1 is 1.60 bits per heavy atom. The molecule has 1 heterocycles. The van der Waals surface area contributed by atoms with Crippen molar-refractivity contribution in [3.8, 4) is 0 Å². The molecule has 0 spiro atoms. The highest BCUT2D eigenvalue weighted by Gasteiger charge is 2.11. The van der Waals surface area contributed by atoms with Gasteiger partial charge in [0, 0.05) is 34.9 Å². The van der Waals surface area contributed by atoms with E-state index in [1.165, 1.54) is 16.9 Å². The Bertz CT molecular complexity index is 340. The normalized spacial score (nSPS) is 17.3. The van der Waals surface area contributed by atoms with Crippen molar-refractivity contribution < 1.29 is 4.21 Å². The third kappa shape index (κ3) is 4.64. The van der Waals surface area contributed by atoms with E-state index in [0.29, 0.717) is 5.75 Å². The van der Waals surface area contributed by atoms with Gasteiger partial charge in [0.1, 0.15) is 0 Å². The molecule has 1 rings (SSSR count). The van der Waals surface area contributed by atoms with Crippen LogP contribution in [-0.2, 0) is 10.8 Å². The van der Waals surface area contributed by atoms with Crippen LogP contribution in [0.1, 0.15) is 25.5 Å². The van der Waals surface area contributed by atoms with Crippen LogP contribution in [0.2, 0.25) is 4.34 Å². The number of hydrogen-bond acceptors (Lipinski definition) is 3. The molecule has 2 nitrogen and oxygen atoms in total. The van der Waals surface area contributed by atoms with Crippen LogP contribution in [0.15, 0.2) is 11.4 Å². The summed E-state index contributed by atoms with van der Waals surface area (Å²) >= 11 is 7.41. The number of thiophene rings is 1. The molecule has 0 amide bonds. The van der Waals surface area contributed by atoms with Crippen molar-refractivity contribution in [2.75, 3.05) is 12.0 Å². The molecule has 0 saturated heterocycles. The Hall–Kier alpha value is 0.1000. The van der Waals surface area contributed by atoms with Gasteiger partial charge in [-0.2, -0.15) is 0 Å². The highest BCUT2D eigenvalue weighted by Crippen LogP contribution is 2.24. The van der Waals surface area contributed by atoms with Crippen molar-refractivity contribution in [2.45, 2.75) is 25.9 Å². The first-order valence-corrected chi connectivity index (χ1v) is 7.77. The minimum atomic E-state index is -0.749. The summed E-state index contributed by atoms with van der Waals surface area (Å²) in [7, 11) is -0.749. The van der Waals surface area contributed by atoms with Gasteiger partial charge in [0.2, 0.25) is 0 Å². The maximum Gasteiger partial charge on any atom is 0.0931 e. The monoisotopic (exact) mass is 265 g/mol. The first kappa shape index (κ1) is 13.2. The van der Waals surface area contributed by atoms with Gasteiger partial charge in [-0.25, -0.2) is 0 Å². The van der Waals surface area contributed by atoms with Crippen molar-refractivity contribution in [1.29, 1.82) is 0 Å². The molecule has 0 aromatic carbocycles. The lowest BCUT2D eigenvalue weighted by molar-refractivity contribution is 0.509. The molecule has 15 heavy (non-hydrogen) atoms. The van der Waals surface area contributed by atoms with Gasteiger partial charge in [0.25, 0.3) is 0 Å². The van der Waals surface area contributed by atoms with E-state index in [9.17, 15) is 4.21 Å². The van der Waals surface area contributed by atoms with Gasteiger partial charge >= 0.3 is 0 Å². The summed E-state index contributed by atoms with van der Waals surface area (Å²) in [5, 5.41) is 5.45. The van der Waals surface area contributed by atoms with E-state index in [1.807, 2.05) is 13.0 Å². The van der Waals surface area contributed by atoms with Gasteiger partial charge in [-0.3, -0.25) is 4.21 Å². The van der Waals surface area contributed by atoms with E-state index in [1.54, 1.807) is 6.26 Å². The van der Waals surface area contributed by atoms with E-state index in [2.05, 4.69) is 17.6 Å². The summed E-state index contributed by atoms with van der Waals surface area (Å²) in [4.78, 5) is 0. The molecule has 0 saturated carbocycles. The standard InChI is InChI=1S/C10H16ClNOS2/c1-7(6-15(3)13)12-8(2)9-4-10(11)14-5-9/h4-5,7-8,12H,6H2,1-3H3. The summed E-state index contributed by atoms with van der Waals surface area (Å²) in [5.74, 6) is 0.683. The summed E-state index contributed by atoms with van der Waals surface area (Å²) < 4.78 is 11.8. The summed E-state index contributed by atoms with van der Waals surface area (Å²) in [6.07, 6.45) is 1.73. The lowest BCUT2D eigenvalue weighted by atomic mass is 10.1. The number of nitrogens with one attached hydrogen (secondary N) is 1. The van der Waals surface area contributed by atoms with Crippen LogP contribution in [0.5, 0.6) is 0 Å². The highest BCUT2D eigenvalue weighted by atomic mass is 35.5.